The van der Waals surface area contributed by atoms with Crippen LogP contribution in [0.2, 0.25) is 0 Å². The smallest absolute Gasteiger partial charge is 0.0768 e. The van der Waals surface area contributed by atoms with Gasteiger partial charge in [0.25, 0.3) is 0 Å². The molecule has 1 aliphatic carbocycles. The van der Waals surface area contributed by atoms with Gasteiger partial charge in [-0.05, 0) is 36.2 Å². The van der Waals surface area contributed by atoms with Gasteiger partial charge in [0.15, 0.2) is 0 Å². The van der Waals surface area contributed by atoms with Crippen molar-refractivity contribution in [3.05, 3.63) is 17.5 Å². The summed E-state index contributed by atoms with van der Waals surface area (Å²) in [5, 5.41) is 8.25. The molecule has 2 bridgehead atoms. The molecule has 0 aromatic carbocycles. The molecule has 2 aliphatic heterocycles. The molecule has 3 aliphatic rings. The summed E-state index contributed by atoms with van der Waals surface area (Å²) in [5.74, 6) is 0. The summed E-state index contributed by atoms with van der Waals surface area (Å²) < 4.78 is 2.19. The highest BCUT2D eigenvalue weighted by Gasteiger charge is 2.49. The van der Waals surface area contributed by atoms with E-state index in [1.54, 1.807) is 0 Å². The van der Waals surface area contributed by atoms with E-state index in [0.717, 1.165) is 32.2 Å². The maximum atomic E-state index is 4.82. The van der Waals surface area contributed by atoms with Crippen LogP contribution in [0.25, 0.3) is 0 Å². The van der Waals surface area contributed by atoms with Crippen LogP contribution in [0.3, 0.4) is 0 Å². The summed E-state index contributed by atoms with van der Waals surface area (Å²) in [4.78, 5) is 2.70. The number of likely N-dealkylation sites (tertiary alicyclic amines) is 1. The zero-order valence-electron chi connectivity index (χ0n) is 13.7. The zero-order chi connectivity index (χ0) is 14.7. The van der Waals surface area contributed by atoms with E-state index in [1.807, 2.05) is 0 Å². The van der Waals surface area contributed by atoms with Crippen molar-refractivity contribution in [2.75, 3.05) is 13.1 Å². The Morgan fingerprint density at radius 2 is 2.19 bits per heavy atom. The molecule has 4 nitrogen and oxygen atoms in total. The van der Waals surface area contributed by atoms with Gasteiger partial charge in [-0.2, -0.15) is 5.10 Å². The fourth-order valence-electron chi connectivity index (χ4n) is 5.30. The van der Waals surface area contributed by atoms with Crippen LogP contribution in [0.5, 0.6) is 0 Å². The van der Waals surface area contributed by atoms with Crippen molar-refractivity contribution in [1.29, 1.82) is 0 Å². The predicted molar refractivity (Wildman–Crippen MR) is 83.9 cm³/mol. The minimum absolute atomic E-state index is 0.504. The Balaban J connectivity index is 1.52. The maximum Gasteiger partial charge on any atom is 0.0768 e. The molecule has 1 aromatic heterocycles. The normalized spacial score (nSPS) is 34.9. The van der Waals surface area contributed by atoms with Gasteiger partial charge < -0.3 is 5.32 Å². The van der Waals surface area contributed by atoms with Crippen molar-refractivity contribution in [3.63, 3.8) is 0 Å². The average Bonchev–Trinajstić information content (AvgIpc) is 2.86. The summed E-state index contributed by atoms with van der Waals surface area (Å²) in [7, 11) is 0. The quantitative estimate of drug-likeness (QED) is 0.907. The highest BCUT2D eigenvalue weighted by atomic mass is 15.3. The Bertz CT molecular complexity index is 523. The lowest BCUT2D eigenvalue weighted by Gasteiger charge is -2.39. The highest BCUT2D eigenvalue weighted by Crippen LogP contribution is 2.52. The van der Waals surface area contributed by atoms with Gasteiger partial charge in [0.2, 0.25) is 0 Å². The number of fused-ring (bicyclic) bond motifs is 3. The molecule has 0 radical (unpaired) electrons. The second-order valence-electron chi connectivity index (χ2n) is 8.65. The van der Waals surface area contributed by atoms with Gasteiger partial charge in [0.1, 0.15) is 0 Å². The Morgan fingerprint density at radius 1 is 1.33 bits per heavy atom. The van der Waals surface area contributed by atoms with E-state index in [4.69, 9.17) is 5.10 Å². The molecular weight excluding hydrogens is 260 g/mol. The molecule has 2 fully saturated rings. The van der Waals surface area contributed by atoms with Crippen LogP contribution in [0.15, 0.2) is 6.07 Å². The van der Waals surface area contributed by atoms with Crippen molar-refractivity contribution in [3.8, 4) is 0 Å². The molecule has 2 atom stereocenters. The lowest BCUT2D eigenvalue weighted by Crippen LogP contribution is -2.34. The molecular formula is C17H28N4. The zero-order valence-corrected chi connectivity index (χ0v) is 13.7. The number of hydrogen-bond acceptors (Lipinski definition) is 3. The highest BCUT2D eigenvalue weighted by molar-refractivity contribution is 5.13. The van der Waals surface area contributed by atoms with Crippen molar-refractivity contribution >= 4 is 0 Å². The second kappa shape index (κ2) is 4.56. The number of rotatable bonds is 2. The van der Waals surface area contributed by atoms with E-state index in [1.165, 1.54) is 37.2 Å². The summed E-state index contributed by atoms with van der Waals surface area (Å²) in [6, 6.07) is 3.07. The molecule has 1 saturated carbocycles. The molecule has 3 heterocycles. The van der Waals surface area contributed by atoms with Crippen LogP contribution >= 0.6 is 0 Å². The number of aromatic nitrogens is 2. The summed E-state index contributed by atoms with van der Waals surface area (Å²) in [6.45, 7) is 12.7. The SMILES string of the molecule is CC1(C)C[C@H]2C[C@](C)(CN2Cc2cc3n(n2)CCNC3)C1. The van der Waals surface area contributed by atoms with Crippen LogP contribution in [-0.2, 0) is 19.6 Å². The van der Waals surface area contributed by atoms with Gasteiger partial charge in [0.05, 0.1) is 17.9 Å². The first-order valence-corrected chi connectivity index (χ1v) is 8.43. The summed E-state index contributed by atoms with van der Waals surface area (Å²) in [6.07, 6.45) is 4.10. The monoisotopic (exact) mass is 288 g/mol. The van der Waals surface area contributed by atoms with E-state index in [9.17, 15) is 0 Å². The van der Waals surface area contributed by atoms with Crippen LogP contribution in [-0.4, -0.2) is 33.8 Å². The van der Waals surface area contributed by atoms with Crippen molar-refractivity contribution in [1.82, 2.24) is 20.0 Å². The standard InChI is InChI=1S/C17H28N4/c1-16(2)7-15-8-17(3,11-16)12-20(15)10-13-6-14-9-18-4-5-21(14)19-13/h6,15,18H,4-5,7-12H2,1-3H3/t15-,17-/m0/s1. The van der Waals surface area contributed by atoms with E-state index in [-0.39, 0.29) is 0 Å². The lowest BCUT2D eigenvalue weighted by molar-refractivity contribution is 0.126. The third kappa shape index (κ3) is 2.53. The van der Waals surface area contributed by atoms with Gasteiger partial charge in [-0.25, -0.2) is 0 Å². The topological polar surface area (TPSA) is 33.1 Å². The minimum Gasteiger partial charge on any atom is -0.309 e. The third-order valence-corrected chi connectivity index (χ3v) is 5.61. The molecule has 116 valence electrons. The molecule has 0 unspecified atom stereocenters. The van der Waals surface area contributed by atoms with E-state index < -0.39 is 0 Å². The third-order valence-electron chi connectivity index (χ3n) is 5.61. The Hall–Kier alpha value is -0.870. The van der Waals surface area contributed by atoms with Crippen molar-refractivity contribution < 1.29 is 0 Å². The number of hydrogen-bond donors (Lipinski definition) is 1. The first-order valence-electron chi connectivity index (χ1n) is 8.43. The van der Waals surface area contributed by atoms with Crippen LogP contribution in [0.4, 0.5) is 0 Å². The fourth-order valence-corrected chi connectivity index (χ4v) is 5.30. The van der Waals surface area contributed by atoms with Crippen LogP contribution in [0, 0.1) is 10.8 Å². The molecule has 1 aromatic rings. The average molecular weight is 288 g/mol. The van der Waals surface area contributed by atoms with Gasteiger partial charge >= 0.3 is 0 Å². The lowest BCUT2D eigenvalue weighted by atomic mass is 9.65. The van der Waals surface area contributed by atoms with Crippen molar-refractivity contribution in [2.24, 2.45) is 10.8 Å². The molecule has 1 saturated heterocycles. The summed E-state index contributed by atoms with van der Waals surface area (Å²) >= 11 is 0. The molecule has 4 rings (SSSR count). The van der Waals surface area contributed by atoms with Gasteiger partial charge in [-0.1, -0.05) is 20.8 Å². The van der Waals surface area contributed by atoms with Gasteiger partial charge in [0, 0.05) is 32.2 Å². The molecule has 1 N–H and O–H groups in total. The molecule has 21 heavy (non-hydrogen) atoms. The Morgan fingerprint density at radius 3 is 3.00 bits per heavy atom. The van der Waals surface area contributed by atoms with Crippen molar-refractivity contribution in [2.45, 2.75) is 65.7 Å². The van der Waals surface area contributed by atoms with Gasteiger partial charge in [-0.15, -0.1) is 0 Å². The Labute approximate surface area is 127 Å². The van der Waals surface area contributed by atoms with Crippen LogP contribution < -0.4 is 5.32 Å². The fraction of sp³-hybridized carbons (Fsp3) is 0.824. The first kappa shape index (κ1) is 13.8. The number of nitrogens with one attached hydrogen (secondary N) is 1. The minimum atomic E-state index is 0.504. The molecule has 0 amide bonds. The predicted octanol–water partition coefficient (Wildman–Crippen LogP) is 2.39. The van der Waals surface area contributed by atoms with E-state index >= 15 is 0 Å². The van der Waals surface area contributed by atoms with Crippen LogP contribution in [0.1, 0.15) is 51.4 Å². The Kier molecular flexibility index (Phi) is 2.99. The molecule has 4 heteroatoms. The molecule has 0 spiro atoms. The summed E-state index contributed by atoms with van der Waals surface area (Å²) in [5.41, 5.74) is 3.64. The van der Waals surface area contributed by atoms with E-state index in [2.05, 4.69) is 41.7 Å². The second-order valence-corrected chi connectivity index (χ2v) is 8.65. The first-order chi connectivity index (χ1) is 9.93. The van der Waals surface area contributed by atoms with Gasteiger partial charge in [-0.3, -0.25) is 9.58 Å². The van der Waals surface area contributed by atoms with E-state index in [0.29, 0.717) is 10.8 Å². The number of nitrogens with zero attached hydrogens (tertiary/aromatic N) is 3. The largest absolute Gasteiger partial charge is 0.309 e. The maximum absolute atomic E-state index is 4.82.